The lowest BCUT2D eigenvalue weighted by molar-refractivity contribution is -0.112. The van der Waals surface area contributed by atoms with Crippen LogP contribution in [-0.4, -0.2) is 44.2 Å². The number of nitrogens with zero attached hydrogens (tertiary/aromatic N) is 1. The zero-order valence-corrected chi connectivity index (χ0v) is 13.6. The molecule has 21 heavy (non-hydrogen) atoms. The van der Waals surface area contributed by atoms with Gasteiger partial charge in [0.2, 0.25) is 0 Å². The minimum Gasteiger partial charge on any atom is -0.366 e. The maximum absolute atomic E-state index is 11.7. The van der Waals surface area contributed by atoms with E-state index in [1.165, 1.54) is 0 Å². The van der Waals surface area contributed by atoms with Crippen LogP contribution in [0.2, 0.25) is 0 Å². The maximum Gasteiger partial charge on any atom is 0.296 e. The number of fused-ring (bicyclic) bond motifs is 1. The Hall–Kier alpha value is -1.41. The Bertz CT molecular complexity index is 760. The van der Waals surface area contributed by atoms with E-state index in [1.54, 1.807) is 12.1 Å². The van der Waals surface area contributed by atoms with Crippen molar-refractivity contribution in [1.82, 2.24) is 0 Å². The summed E-state index contributed by atoms with van der Waals surface area (Å²) >= 11 is 3.41. The molecule has 0 aromatic heterocycles. The molecule has 2 aliphatic rings. The highest BCUT2D eigenvalue weighted by Gasteiger charge is 2.33. The van der Waals surface area contributed by atoms with E-state index in [9.17, 15) is 18.0 Å². The molecule has 1 unspecified atom stereocenters. The lowest BCUT2D eigenvalue weighted by Gasteiger charge is -2.36. The molecule has 8 heteroatoms. The number of halogens is 1. The SMILES string of the molecule is CC1CS(=O)(=O)CCN1c1cc2c(cc1Br)C(=O)C(=O)N2. The molecule has 1 fully saturated rings. The molecule has 0 aliphatic carbocycles. The van der Waals surface area contributed by atoms with Gasteiger partial charge in [-0.1, -0.05) is 0 Å². The number of benzene rings is 1. The van der Waals surface area contributed by atoms with Gasteiger partial charge < -0.3 is 10.2 Å². The Morgan fingerprint density at radius 3 is 2.71 bits per heavy atom. The summed E-state index contributed by atoms with van der Waals surface area (Å²) in [6, 6.07) is 3.17. The zero-order chi connectivity index (χ0) is 15.4. The molecule has 1 N–H and O–H groups in total. The van der Waals surface area contributed by atoms with E-state index in [2.05, 4.69) is 21.2 Å². The summed E-state index contributed by atoms with van der Waals surface area (Å²) in [5.74, 6) is -0.983. The van der Waals surface area contributed by atoms with E-state index >= 15 is 0 Å². The van der Waals surface area contributed by atoms with Gasteiger partial charge in [0.15, 0.2) is 9.84 Å². The number of Topliss-reactive ketones (excluding diaryl/α,β-unsaturated/α-hetero) is 1. The summed E-state index contributed by atoms with van der Waals surface area (Å²) in [4.78, 5) is 25.0. The van der Waals surface area contributed by atoms with Crippen LogP contribution in [0.1, 0.15) is 17.3 Å². The van der Waals surface area contributed by atoms with Crippen molar-refractivity contribution in [3.05, 3.63) is 22.2 Å². The number of hydrogen-bond donors (Lipinski definition) is 1. The molecule has 2 heterocycles. The van der Waals surface area contributed by atoms with Gasteiger partial charge in [-0.3, -0.25) is 9.59 Å². The quantitative estimate of drug-likeness (QED) is 0.749. The van der Waals surface area contributed by atoms with E-state index in [-0.39, 0.29) is 17.5 Å². The average Bonchev–Trinajstić information content (AvgIpc) is 2.64. The van der Waals surface area contributed by atoms with Crippen LogP contribution in [0.4, 0.5) is 11.4 Å². The van der Waals surface area contributed by atoms with Crippen LogP contribution in [0, 0.1) is 0 Å². The normalized spacial score (nSPS) is 23.9. The lowest BCUT2D eigenvalue weighted by Crippen LogP contribution is -2.47. The number of ketones is 1. The monoisotopic (exact) mass is 372 g/mol. The fourth-order valence-electron chi connectivity index (χ4n) is 2.73. The van der Waals surface area contributed by atoms with E-state index in [1.807, 2.05) is 11.8 Å². The molecule has 1 amide bonds. The Morgan fingerprint density at radius 1 is 1.33 bits per heavy atom. The largest absolute Gasteiger partial charge is 0.366 e. The fraction of sp³-hybridized carbons (Fsp3) is 0.385. The Balaban J connectivity index is 2.00. The summed E-state index contributed by atoms with van der Waals surface area (Å²) in [7, 11) is -3.00. The average molecular weight is 373 g/mol. The van der Waals surface area contributed by atoms with Gasteiger partial charge in [-0.2, -0.15) is 0 Å². The number of nitrogens with one attached hydrogen (secondary N) is 1. The molecule has 0 bridgehead atoms. The Kier molecular flexibility index (Phi) is 3.32. The predicted molar refractivity (Wildman–Crippen MR) is 82.6 cm³/mol. The van der Waals surface area contributed by atoms with E-state index in [4.69, 9.17) is 0 Å². The molecule has 0 saturated carbocycles. The van der Waals surface area contributed by atoms with Gasteiger partial charge >= 0.3 is 0 Å². The van der Waals surface area contributed by atoms with Crippen molar-refractivity contribution in [2.24, 2.45) is 0 Å². The summed E-state index contributed by atoms with van der Waals surface area (Å²) < 4.78 is 24.0. The van der Waals surface area contributed by atoms with Crippen LogP contribution in [0.5, 0.6) is 0 Å². The highest BCUT2D eigenvalue weighted by molar-refractivity contribution is 9.10. The van der Waals surface area contributed by atoms with Gasteiger partial charge in [-0.25, -0.2) is 8.42 Å². The molecule has 1 saturated heterocycles. The lowest BCUT2D eigenvalue weighted by atomic mass is 10.1. The van der Waals surface area contributed by atoms with Crippen molar-refractivity contribution in [3.8, 4) is 0 Å². The van der Waals surface area contributed by atoms with Gasteiger partial charge in [0, 0.05) is 17.1 Å². The number of rotatable bonds is 1. The number of carbonyl (C=O) groups excluding carboxylic acids is 2. The predicted octanol–water partition coefficient (Wildman–Crippen LogP) is 1.21. The van der Waals surface area contributed by atoms with Crippen LogP contribution in [0.25, 0.3) is 0 Å². The Morgan fingerprint density at radius 2 is 2.05 bits per heavy atom. The minimum atomic E-state index is -3.00. The van der Waals surface area contributed by atoms with Gasteiger partial charge in [-0.15, -0.1) is 0 Å². The maximum atomic E-state index is 11.7. The van der Waals surface area contributed by atoms with Crippen LogP contribution in [0.15, 0.2) is 16.6 Å². The third-order valence-corrected chi connectivity index (χ3v) is 6.20. The highest BCUT2D eigenvalue weighted by Crippen LogP contribution is 2.36. The van der Waals surface area contributed by atoms with Crippen LogP contribution in [0.3, 0.4) is 0 Å². The first-order valence-corrected chi connectivity index (χ1v) is 9.06. The van der Waals surface area contributed by atoms with E-state index in [0.29, 0.717) is 22.3 Å². The second kappa shape index (κ2) is 4.81. The van der Waals surface area contributed by atoms with Crippen molar-refractivity contribution in [3.63, 3.8) is 0 Å². The highest BCUT2D eigenvalue weighted by atomic mass is 79.9. The molecule has 0 spiro atoms. The molecular formula is C13H13BrN2O4S. The zero-order valence-electron chi connectivity index (χ0n) is 11.2. The second-order valence-corrected chi connectivity index (χ2v) is 8.37. The molecule has 0 radical (unpaired) electrons. The molecule has 1 atom stereocenters. The number of carbonyl (C=O) groups is 2. The fourth-order valence-corrected chi connectivity index (χ4v) is 4.86. The second-order valence-electron chi connectivity index (χ2n) is 5.29. The van der Waals surface area contributed by atoms with Crippen molar-refractivity contribution in [1.29, 1.82) is 0 Å². The van der Waals surface area contributed by atoms with Gasteiger partial charge in [0.05, 0.1) is 28.4 Å². The minimum absolute atomic E-state index is 0.0990. The smallest absolute Gasteiger partial charge is 0.296 e. The molecule has 112 valence electrons. The molecular weight excluding hydrogens is 360 g/mol. The van der Waals surface area contributed by atoms with E-state index in [0.717, 1.165) is 5.69 Å². The number of hydrogen-bond acceptors (Lipinski definition) is 5. The van der Waals surface area contributed by atoms with Crippen molar-refractivity contribution < 1.29 is 18.0 Å². The molecule has 1 aromatic carbocycles. The van der Waals surface area contributed by atoms with E-state index < -0.39 is 21.5 Å². The summed E-state index contributed by atoms with van der Waals surface area (Å²) in [6.45, 7) is 2.24. The van der Waals surface area contributed by atoms with Gasteiger partial charge in [0.1, 0.15) is 0 Å². The van der Waals surface area contributed by atoms with Crippen molar-refractivity contribution in [2.45, 2.75) is 13.0 Å². The van der Waals surface area contributed by atoms with Gasteiger partial charge in [-0.05, 0) is 35.0 Å². The summed E-state index contributed by atoms with van der Waals surface area (Å²) in [5, 5.41) is 2.53. The van der Waals surface area contributed by atoms with Gasteiger partial charge in [0.25, 0.3) is 11.7 Å². The third-order valence-electron chi connectivity index (χ3n) is 3.77. The molecule has 3 rings (SSSR count). The first-order valence-electron chi connectivity index (χ1n) is 6.45. The van der Waals surface area contributed by atoms with Crippen LogP contribution >= 0.6 is 15.9 Å². The van der Waals surface area contributed by atoms with Crippen LogP contribution in [-0.2, 0) is 14.6 Å². The third kappa shape index (κ3) is 2.46. The molecule has 1 aromatic rings. The summed E-state index contributed by atoms with van der Waals surface area (Å²) in [6.07, 6.45) is 0. The molecule has 6 nitrogen and oxygen atoms in total. The first-order chi connectivity index (χ1) is 9.78. The first kappa shape index (κ1) is 14.5. The van der Waals surface area contributed by atoms with Crippen molar-refractivity contribution >= 4 is 48.8 Å². The summed E-state index contributed by atoms with van der Waals surface area (Å²) in [5.41, 5.74) is 1.60. The number of anilines is 2. The topological polar surface area (TPSA) is 83.6 Å². The number of amides is 1. The standard InChI is InChI=1S/C13H13BrN2O4S/c1-7-6-21(19,20)3-2-16(7)11-5-10-8(4-9(11)14)12(17)13(18)15-10/h4-5,7H,2-3,6H2,1H3,(H,15,17,18). The molecule has 2 aliphatic heterocycles. The Labute approximate surface area is 130 Å². The van der Waals surface area contributed by atoms with Crippen LogP contribution < -0.4 is 10.2 Å². The van der Waals surface area contributed by atoms with Crippen molar-refractivity contribution in [2.75, 3.05) is 28.3 Å². The number of sulfone groups is 1.